The van der Waals surface area contributed by atoms with Crippen LogP contribution in [-0.4, -0.2) is 39.6 Å². The van der Waals surface area contributed by atoms with Gasteiger partial charge in [-0.1, -0.05) is 6.92 Å². The van der Waals surface area contributed by atoms with Crippen LogP contribution in [0, 0.1) is 0 Å². The molecule has 0 aromatic carbocycles. The van der Waals surface area contributed by atoms with Crippen LogP contribution in [0.5, 0.6) is 0 Å². The second kappa shape index (κ2) is 4.89. The molecule has 1 aromatic heterocycles. The summed E-state index contributed by atoms with van der Waals surface area (Å²) in [7, 11) is 0. The molecule has 2 heterocycles. The van der Waals surface area contributed by atoms with Crippen molar-refractivity contribution in [3.05, 3.63) is 24.3 Å². The molecule has 1 saturated heterocycles. The van der Waals surface area contributed by atoms with Crippen molar-refractivity contribution in [1.82, 2.24) is 14.9 Å². The average molecular weight is 221 g/mol. The van der Waals surface area contributed by atoms with Crippen LogP contribution in [0.3, 0.4) is 0 Å². The fourth-order valence-electron chi connectivity index (χ4n) is 2.32. The van der Waals surface area contributed by atoms with E-state index in [1.807, 2.05) is 0 Å². The highest BCUT2D eigenvalue weighted by Crippen LogP contribution is 2.31. The minimum Gasteiger partial charge on any atom is -0.385 e. The molecule has 0 amide bonds. The first kappa shape index (κ1) is 11.5. The lowest BCUT2D eigenvalue weighted by molar-refractivity contribution is 0.0207. The lowest BCUT2D eigenvalue weighted by Crippen LogP contribution is -2.29. The zero-order chi connectivity index (χ0) is 11.4. The van der Waals surface area contributed by atoms with Gasteiger partial charge in [-0.15, -0.1) is 0 Å². The number of hydrogen-bond acceptors (Lipinski definition) is 4. The summed E-state index contributed by atoms with van der Waals surface area (Å²) in [5.41, 5.74) is 0.124. The summed E-state index contributed by atoms with van der Waals surface area (Å²) in [5, 5.41) is 10.6. The maximum absolute atomic E-state index is 10.6. The van der Waals surface area contributed by atoms with E-state index in [0.717, 1.165) is 44.5 Å². The van der Waals surface area contributed by atoms with E-state index in [4.69, 9.17) is 0 Å². The van der Waals surface area contributed by atoms with Crippen molar-refractivity contribution in [2.24, 2.45) is 0 Å². The van der Waals surface area contributed by atoms with Crippen LogP contribution in [0.4, 0.5) is 0 Å². The molecule has 1 unspecified atom stereocenters. The van der Waals surface area contributed by atoms with Gasteiger partial charge in [0.05, 0.1) is 5.60 Å². The van der Waals surface area contributed by atoms with Crippen LogP contribution in [0.1, 0.15) is 31.7 Å². The summed E-state index contributed by atoms with van der Waals surface area (Å²) < 4.78 is 0. The number of rotatable bonds is 2. The van der Waals surface area contributed by atoms with E-state index in [1.54, 1.807) is 12.4 Å². The van der Waals surface area contributed by atoms with Crippen molar-refractivity contribution >= 4 is 0 Å². The molecule has 1 aromatic rings. The quantitative estimate of drug-likeness (QED) is 0.814. The van der Waals surface area contributed by atoms with Gasteiger partial charge in [0, 0.05) is 24.5 Å². The maximum Gasteiger partial charge on any atom is 0.115 e. The summed E-state index contributed by atoms with van der Waals surface area (Å²) in [6.45, 7) is 5.24. The second-order valence-corrected chi connectivity index (χ2v) is 4.45. The number of nitrogens with zero attached hydrogens (tertiary/aromatic N) is 3. The second-order valence-electron chi connectivity index (χ2n) is 4.45. The van der Waals surface area contributed by atoms with E-state index in [2.05, 4.69) is 21.8 Å². The molecule has 1 N–H and O–H groups in total. The van der Waals surface area contributed by atoms with Crippen molar-refractivity contribution in [3.8, 4) is 0 Å². The highest BCUT2D eigenvalue weighted by Gasteiger charge is 2.32. The third-order valence-electron chi connectivity index (χ3n) is 3.45. The normalized spacial score (nSPS) is 27.6. The molecule has 0 aliphatic carbocycles. The van der Waals surface area contributed by atoms with Gasteiger partial charge in [-0.3, -0.25) is 0 Å². The van der Waals surface area contributed by atoms with Gasteiger partial charge < -0.3 is 10.0 Å². The lowest BCUT2D eigenvalue weighted by atomic mass is 9.89. The van der Waals surface area contributed by atoms with E-state index >= 15 is 0 Å². The zero-order valence-corrected chi connectivity index (χ0v) is 9.76. The molecular weight excluding hydrogens is 202 g/mol. The minimum atomic E-state index is -0.731. The molecule has 1 fully saturated rings. The molecule has 2 rings (SSSR count). The zero-order valence-electron chi connectivity index (χ0n) is 9.76. The lowest BCUT2D eigenvalue weighted by Gasteiger charge is -2.26. The van der Waals surface area contributed by atoms with Crippen molar-refractivity contribution in [2.45, 2.75) is 31.8 Å². The standard InChI is InChI=1S/C12H19N3O/c1-2-15-6-3-4-12(16,5-7-15)11-8-13-10-14-9-11/h8-10,16H,2-7H2,1H3. The smallest absolute Gasteiger partial charge is 0.115 e. The van der Waals surface area contributed by atoms with Gasteiger partial charge >= 0.3 is 0 Å². The molecule has 0 radical (unpaired) electrons. The molecule has 16 heavy (non-hydrogen) atoms. The Morgan fingerprint density at radius 3 is 2.75 bits per heavy atom. The van der Waals surface area contributed by atoms with Crippen LogP contribution < -0.4 is 0 Å². The number of hydrogen-bond donors (Lipinski definition) is 1. The Labute approximate surface area is 96.3 Å². The van der Waals surface area contributed by atoms with E-state index in [-0.39, 0.29) is 0 Å². The molecule has 4 nitrogen and oxygen atoms in total. The topological polar surface area (TPSA) is 49.2 Å². The summed E-state index contributed by atoms with van der Waals surface area (Å²) in [4.78, 5) is 10.4. The Balaban J connectivity index is 2.13. The van der Waals surface area contributed by atoms with E-state index in [0.29, 0.717) is 0 Å². The summed E-state index contributed by atoms with van der Waals surface area (Å²) in [5.74, 6) is 0. The minimum absolute atomic E-state index is 0.731. The third-order valence-corrected chi connectivity index (χ3v) is 3.45. The molecule has 4 heteroatoms. The molecule has 1 aliphatic heterocycles. The Morgan fingerprint density at radius 2 is 2.06 bits per heavy atom. The molecule has 0 bridgehead atoms. The highest BCUT2D eigenvalue weighted by atomic mass is 16.3. The fourth-order valence-corrected chi connectivity index (χ4v) is 2.32. The van der Waals surface area contributed by atoms with Gasteiger partial charge in [0.2, 0.25) is 0 Å². The first-order valence-electron chi connectivity index (χ1n) is 5.95. The van der Waals surface area contributed by atoms with E-state index in [1.165, 1.54) is 6.33 Å². The van der Waals surface area contributed by atoms with E-state index < -0.39 is 5.60 Å². The van der Waals surface area contributed by atoms with Gasteiger partial charge in [-0.05, 0) is 32.4 Å². The van der Waals surface area contributed by atoms with Crippen LogP contribution in [0.15, 0.2) is 18.7 Å². The van der Waals surface area contributed by atoms with Crippen LogP contribution in [0.25, 0.3) is 0 Å². The molecule has 1 atom stereocenters. The van der Waals surface area contributed by atoms with Gasteiger partial charge in [0.25, 0.3) is 0 Å². The average Bonchev–Trinajstić information content (AvgIpc) is 2.53. The van der Waals surface area contributed by atoms with E-state index in [9.17, 15) is 5.11 Å². The first-order chi connectivity index (χ1) is 7.74. The van der Waals surface area contributed by atoms with Gasteiger partial charge in [0.1, 0.15) is 6.33 Å². The van der Waals surface area contributed by atoms with Crippen LogP contribution in [-0.2, 0) is 5.60 Å². The van der Waals surface area contributed by atoms with Crippen LogP contribution >= 0.6 is 0 Å². The predicted octanol–water partition coefficient (Wildman–Crippen LogP) is 1.17. The molecule has 1 aliphatic rings. The number of aliphatic hydroxyl groups is 1. The summed E-state index contributed by atoms with van der Waals surface area (Å²) >= 11 is 0. The molecule has 88 valence electrons. The molecule has 0 spiro atoms. The van der Waals surface area contributed by atoms with Crippen LogP contribution in [0.2, 0.25) is 0 Å². The molecular formula is C12H19N3O. The van der Waals surface area contributed by atoms with Gasteiger partial charge in [-0.25, -0.2) is 9.97 Å². The fraction of sp³-hybridized carbons (Fsp3) is 0.667. The Morgan fingerprint density at radius 1 is 1.31 bits per heavy atom. The number of likely N-dealkylation sites (tertiary alicyclic amines) is 1. The molecule has 0 saturated carbocycles. The largest absolute Gasteiger partial charge is 0.385 e. The summed E-state index contributed by atoms with van der Waals surface area (Å²) in [6, 6.07) is 0. The van der Waals surface area contributed by atoms with Crippen molar-refractivity contribution in [1.29, 1.82) is 0 Å². The Hall–Kier alpha value is -1.00. The SMILES string of the molecule is CCN1CCCC(O)(c2cncnc2)CC1. The maximum atomic E-state index is 10.6. The van der Waals surface area contributed by atoms with Crippen molar-refractivity contribution < 1.29 is 5.11 Å². The van der Waals surface area contributed by atoms with Crippen molar-refractivity contribution in [3.63, 3.8) is 0 Å². The van der Waals surface area contributed by atoms with Gasteiger partial charge in [-0.2, -0.15) is 0 Å². The predicted molar refractivity (Wildman–Crippen MR) is 61.9 cm³/mol. The van der Waals surface area contributed by atoms with Gasteiger partial charge in [0.15, 0.2) is 0 Å². The third kappa shape index (κ3) is 2.39. The Bertz CT molecular complexity index is 330. The van der Waals surface area contributed by atoms with Crippen molar-refractivity contribution in [2.75, 3.05) is 19.6 Å². The highest BCUT2D eigenvalue weighted by molar-refractivity contribution is 5.14. The monoisotopic (exact) mass is 221 g/mol. The first-order valence-corrected chi connectivity index (χ1v) is 5.95. The summed E-state index contributed by atoms with van der Waals surface area (Å²) in [6.07, 6.45) is 7.56. The Kier molecular flexibility index (Phi) is 3.51. The number of aromatic nitrogens is 2.